The standard InChI is InChI=1S/C17H22ClN3O2/c1-3-19-17(20-11-15-8-5-9-23-15)21-12-16(22-2)13-6-4-7-14(18)10-13/h4-10,16H,3,11-12H2,1-2H3,(H2,19,20,21). The summed E-state index contributed by atoms with van der Waals surface area (Å²) in [4.78, 5) is 4.49. The van der Waals surface area contributed by atoms with Crippen molar-refractivity contribution < 1.29 is 9.15 Å². The third-order valence-electron chi connectivity index (χ3n) is 3.28. The van der Waals surface area contributed by atoms with Crippen LogP contribution in [-0.4, -0.2) is 26.2 Å². The lowest BCUT2D eigenvalue weighted by Crippen LogP contribution is -2.39. The van der Waals surface area contributed by atoms with Crippen LogP contribution >= 0.6 is 11.6 Å². The number of aliphatic imine (C=N–C) groups is 1. The van der Waals surface area contributed by atoms with Crippen LogP contribution in [0.2, 0.25) is 5.02 Å². The van der Waals surface area contributed by atoms with Crippen molar-refractivity contribution in [2.24, 2.45) is 4.99 Å². The van der Waals surface area contributed by atoms with Gasteiger partial charge in [-0.25, -0.2) is 4.99 Å². The molecule has 0 amide bonds. The molecule has 2 N–H and O–H groups in total. The smallest absolute Gasteiger partial charge is 0.191 e. The highest BCUT2D eigenvalue weighted by Gasteiger charge is 2.11. The molecular weight excluding hydrogens is 314 g/mol. The fourth-order valence-electron chi connectivity index (χ4n) is 2.13. The molecule has 0 aliphatic heterocycles. The largest absolute Gasteiger partial charge is 0.467 e. The molecule has 0 saturated carbocycles. The topological polar surface area (TPSA) is 58.8 Å². The molecule has 23 heavy (non-hydrogen) atoms. The van der Waals surface area contributed by atoms with Crippen molar-refractivity contribution in [3.63, 3.8) is 0 Å². The normalized spacial score (nSPS) is 12.9. The van der Waals surface area contributed by atoms with Gasteiger partial charge in [0, 0.05) is 25.2 Å². The molecule has 6 heteroatoms. The monoisotopic (exact) mass is 335 g/mol. The van der Waals surface area contributed by atoms with Crippen LogP contribution in [0.4, 0.5) is 0 Å². The van der Waals surface area contributed by atoms with E-state index in [1.165, 1.54) is 0 Å². The van der Waals surface area contributed by atoms with Gasteiger partial charge in [0.1, 0.15) is 12.3 Å². The van der Waals surface area contributed by atoms with E-state index in [0.29, 0.717) is 24.1 Å². The highest BCUT2D eigenvalue weighted by Crippen LogP contribution is 2.19. The van der Waals surface area contributed by atoms with Crippen LogP contribution in [-0.2, 0) is 11.3 Å². The predicted molar refractivity (Wildman–Crippen MR) is 92.7 cm³/mol. The van der Waals surface area contributed by atoms with E-state index in [1.54, 1.807) is 13.4 Å². The zero-order valence-corrected chi connectivity index (χ0v) is 14.1. The lowest BCUT2D eigenvalue weighted by Gasteiger charge is -2.18. The minimum Gasteiger partial charge on any atom is -0.467 e. The summed E-state index contributed by atoms with van der Waals surface area (Å²) in [6.07, 6.45) is 1.53. The molecule has 0 aliphatic carbocycles. The van der Waals surface area contributed by atoms with Gasteiger partial charge in [0.15, 0.2) is 5.96 Å². The van der Waals surface area contributed by atoms with Gasteiger partial charge in [-0.3, -0.25) is 0 Å². The van der Waals surface area contributed by atoms with E-state index in [4.69, 9.17) is 20.8 Å². The van der Waals surface area contributed by atoms with E-state index in [9.17, 15) is 0 Å². The summed E-state index contributed by atoms with van der Waals surface area (Å²) in [5, 5.41) is 7.18. The SMILES string of the molecule is CCNC(=NCc1ccco1)NCC(OC)c1cccc(Cl)c1. The summed E-state index contributed by atoms with van der Waals surface area (Å²) in [6, 6.07) is 11.4. The van der Waals surface area contributed by atoms with Crippen molar-refractivity contribution in [3.8, 4) is 0 Å². The third-order valence-corrected chi connectivity index (χ3v) is 3.51. The zero-order valence-electron chi connectivity index (χ0n) is 13.4. The van der Waals surface area contributed by atoms with Gasteiger partial charge >= 0.3 is 0 Å². The maximum absolute atomic E-state index is 6.04. The minimum absolute atomic E-state index is 0.110. The molecule has 1 aromatic heterocycles. The Morgan fingerprint density at radius 1 is 1.30 bits per heavy atom. The van der Waals surface area contributed by atoms with E-state index >= 15 is 0 Å². The quantitative estimate of drug-likeness (QED) is 0.601. The van der Waals surface area contributed by atoms with Crippen molar-refractivity contribution >= 4 is 17.6 Å². The molecule has 1 aromatic carbocycles. The molecule has 124 valence electrons. The second-order valence-electron chi connectivity index (χ2n) is 4.93. The van der Waals surface area contributed by atoms with Crippen LogP contribution in [0.25, 0.3) is 0 Å². The third kappa shape index (κ3) is 5.62. The van der Waals surface area contributed by atoms with Crippen molar-refractivity contribution in [2.45, 2.75) is 19.6 Å². The van der Waals surface area contributed by atoms with Crippen LogP contribution in [0.1, 0.15) is 24.4 Å². The van der Waals surface area contributed by atoms with Gasteiger partial charge in [-0.2, -0.15) is 0 Å². The number of methoxy groups -OCH3 is 1. The van der Waals surface area contributed by atoms with Gasteiger partial charge in [0.05, 0.1) is 12.4 Å². The first-order valence-corrected chi connectivity index (χ1v) is 7.93. The molecule has 0 bridgehead atoms. The molecule has 1 unspecified atom stereocenters. The minimum atomic E-state index is -0.110. The molecule has 0 aliphatic rings. The van der Waals surface area contributed by atoms with Gasteiger partial charge in [-0.1, -0.05) is 23.7 Å². The van der Waals surface area contributed by atoms with Crippen LogP contribution in [0.15, 0.2) is 52.1 Å². The zero-order chi connectivity index (χ0) is 16.5. The number of hydrogen-bond donors (Lipinski definition) is 2. The number of ether oxygens (including phenoxy) is 1. The summed E-state index contributed by atoms with van der Waals surface area (Å²) in [5.41, 5.74) is 1.02. The Labute approximate surface area is 141 Å². The fraction of sp³-hybridized carbons (Fsp3) is 0.353. The average Bonchev–Trinajstić information content (AvgIpc) is 3.06. The van der Waals surface area contributed by atoms with E-state index in [1.807, 2.05) is 43.3 Å². The van der Waals surface area contributed by atoms with Gasteiger partial charge in [0.2, 0.25) is 0 Å². The number of guanidine groups is 1. The molecule has 5 nitrogen and oxygen atoms in total. The lowest BCUT2D eigenvalue weighted by atomic mass is 10.1. The number of rotatable bonds is 7. The summed E-state index contributed by atoms with van der Waals surface area (Å²) in [7, 11) is 1.68. The highest BCUT2D eigenvalue weighted by molar-refractivity contribution is 6.30. The van der Waals surface area contributed by atoms with Gasteiger partial charge in [0.25, 0.3) is 0 Å². The van der Waals surface area contributed by atoms with Crippen molar-refractivity contribution in [2.75, 3.05) is 20.2 Å². The number of furan rings is 1. The Bertz CT molecular complexity index is 614. The Morgan fingerprint density at radius 3 is 2.83 bits per heavy atom. The molecule has 0 saturated heterocycles. The lowest BCUT2D eigenvalue weighted by molar-refractivity contribution is 0.106. The van der Waals surface area contributed by atoms with Crippen LogP contribution in [0.5, 0.6) is 0 Å². The predicted octanol–water partition coefficient (Wildman–Crippen LogP) is 3.38. The molecular formula is C17H22ClN3O2. The van der Waals surface area contributed by atoms with Gasteiger partial charge < -0.3 is 19.8 Å². The molecule has 2 rings (SSSR count). The van der Waals surface area contributed by atoms with Crippen molar-refractivity contribution in [1.29, 1.82) is 0 Å². The van der Waals surface area contributed by atoms with Gasteiger partial charge in [-0.15, -0.1) is 0 Å². The Balaban J connectivity index is 1.97. The molecule has 2 aromatic rings. The van der Waals surface area contributed by atoms with E-state index in [-0.39, 0.29) is 6.10 Å². The summed E-state index contributed by atoms with van der Waals surface area (Å²) < 4.78 is 10.8. The maximum atomic E-state index is 6.04. The number of nitrogens with one attached hydrogen (secondary N) is 2. The molecule has 0 spiro atoms. The first-order chi connectivity index (χ1) is 11.2. The number of halogens is 1. The van der Waals surface area contributed by atoms with Crippen molar-refractivity contribution in [1.82, 2.24) is 10.6 Å². The highest BCUT2D eigenvalue weighted by atomic mass is 35.5. The number of hydrogen-bond acceptors (Lipinski definition) is 3. The summed E-state index contributed by atoms with van der Waals surface area (Å²) in [5.74, 6) is 1.54. The van der Waals surface area contributed by atoms with Crippen LogP contribution < -0.4 is 10.6 Å². The van der Waals surface area contributed by atoms with E-state index < -0.39 is 0 Å². The van der Waals surface area contributed by atoms with E-state index in [0.717, 1.165) is 17.9 Å². The first-order valence-electron chi connectivity index (χ1n) is 7.55. The second kappa shape index (κ2) is 9.22. The average molecular weight is 336 g/mol. The number of benzene rings is 1. The molecule has 1 heterocycles. The van der Waals surface area contributed by atoms with Gasteiger partial charge in [-0.05, 0) is 36.8 Å². The Hall–Kier alpha value is -1.98. The summed E-state index contributed by atoms with van der Waals surface area (Å²) in [6.45, 7) is 3.87. The maximum Gasteiger partial charge on any atom is 0.191 e. The second-order valence-corrected chi connectivity index (χ2v) is 5.37. The number of nitrogens with zero attached hydrogens (tertiary/aromatic N) is 1. The Morgan fingerprint density at radius 2 is 2.17 bits per heavy atom. The Kier molecular flexibility index (Phi) is 6.97. The van der Waals surface area contributed by atoms with Crippen molar-refractivity contribution in [3.05, 3.63) is 59.0 Å². The first kappa shape index (κ1) is 17.4. The molecule has 0 radical (unpaired) electrons. The van der Waals surface area contributed by atoms with Crippen LogP contribution in [0.3, 0.4) is 0 Å². The fourth-order valence-corrected chi connectivity index (χ4v) is 2.33. The molecule has 0 fully saturated rings. The van der Waals surface area contributed by atoms with Crippen LogP contribution in [0, 0.1) is 0 Å². The summed E-state index contributed by atoms with van der Waals surface area (Å²) >= 11 is 6.04. The molecule has 1 atom stereocenters. The van der Waals surface area contributed by atoms with E-state index in [2.05, 4.69) is 15.6 Å².